The SMILES string of the molecule is C=C(N[C@H](C)c1ccccn1)c1nn(-c2ccc(Cl)cc2Cl)c2c1CCCC/C2=C\c1ccc(OC)cc1. The van der Waals surface area contributed by atoms with Crippen molar-refractivity contribution in [2.24, 2.45) is 0 Å². The minimum absolute atomic E-state index is 0.0243. The number of hydrogen-bond acceptors (Lipinski definition) is 4. The van der Waals surface area contributed by atoms with Gasteiger partial charge in [0, 0.05) is 16.8 Å². The van der Waals surface area contributed by atoms with E-state index >= 15 is 0 Å². The Kier molecular flexibility index (Phi) is 7.87. The highest BCUT2D eigenvalue weighted by molar-refractivity contribution is 6.35. The first-order valence-corrected chi connectivity index (χ1v) is 13.5. The molecule has 2 aromatic heterocycles. The molecule has 5 rings (SSSR count). The lowest BCUT2D eigenvalue weighted by Crippen LogP contribution is -2.18. The zero-order valence-corrected chi connectivity index (χ0v) is 23.1. The van der Waals surface area contributed by atoms with Gasteiger partial charge in [-0.1, -0.05) is 48.0 Å². The number of hydrogen-bond donors (Lipinski definition) is 1. The fourth-order valence-electron chi connectivity index (χ4n) is 4.90. The van der Waals surface area contributed by atoms with Crippen molar-refractivity contribution >= 4 is 40.5 Å². The number of rotatable bonds is 7. The minimum Gasteiger partial charge on any atom is -0.497 e. The van der Waals surface area contributed by atoms with Gasteiger partial charge in [0.25, 0.3) is 0 Å². The first kappa shape index (κ1) is 26.1. The highest BCUT2D eigenvalue weighted by Gasteiger charge is 2.26. The quantitative estimate of drug-likeness (QED) is 0.238. The number of methoxy groups -OCH3 is 1. The van der Waals surface area contributed by atoms with Crippen molar-refractivity contribution in [2.45, 2.75) is 38.6 Å². The third-order valence-electron chi connectivity index (χ3n) is 6.81. The summed E-state index contributed by atoms with van der Waals surface area (Å²) in [6, 6.07) is 19.5. The standard InChI is InChI=1S/C31H30Cl2N4O/c1-20(28-10-6-7-17-34-28)35-21(2)30-26-9-5-4-8-23(18-22-11-14-25(38-3)15-12-22)31(26)37(36-30)29-16-13-24(32)19-27(29)33/h6-7,10-20,35H,2,4-5,8-9H2,1,3H3/b23-18+/t20-/m1/s1. The van der Waals surface area contributed by atoms with Crippen molar-refractivity contribution in [1.29, 1.82) is 0 Å². The molecule has 194 valence electrons. The maximum atomic E-state index is 6.72. The number of fused-ring (bicyclic) bond motifs is 1. The van der Waals surface area contributed by atoms with Gasteiger partial charge in [0.2, 0.25) is 0 Å². The number of aromatic nitrogens is 3. The predicted molar refractivity (Wildman–Crippen MR) is 157 cm³/mol. The van der Waals surface area contributed by atoms with Gasteiger partial charge in [0.1, 0.15) is 11.4 Å². The molecule has 2 heterocycles. The molecule has 1 N–H and O–H groups in total. The van der Waals surface area contributed by atoms with E-state index in [9.17, 15) is 0 Å². The maximum absolute atomic E-state index is 6.72. The third-order valence-corrected chi connectivity index (χ3v) is 7.35. The van der Waals surface area contributed by atoms with Crippen LogP contribution in [0.3, 0.4) is 0 Å². The topological polar surface area (TPSA) is 52.0 Å². The normalized spacial score (nSPS) is 15.0. The Morgan fingerprint density at radius 1 is 1.08 bits per heavy atom. The number of nitrogens with zero attached hydrogens (tertiary/aromatic N) is 3. The summed E-state index contributed by atoms with van der Waals surface area (Å²) in [4.78, 5) is 4.49. The Hall–Kier alpha value is -3.54. The predicted octanol–water partition coefficient (Wildman–Crippen LogP) is 8.17. The van der Waals surface area contributed by atoms with Gasteiger partial charge in [-0.2, -0.15) is 5.10 Å². The van der Waals surface area contributed by atoms with Crippen LogP contribution >= 0.6 is 23.2 Å². The maximum Gasteiger partial charge on any atom is 0.118 e. The molecule has 0 amide bonds. The summed E-state index contributed by atoms with van der Waals surface area (Å²) in [5.41, 5.74) is 7.87. The van der Waals surface area contributed by atoms with E-state index in [0.29, 0.717) is 10.0 Å². The summed E-state index contributed by atoms with van der Waals surface area (Å²) in [7, 11) is 1.68. The molecule has 1 atom stereocenters. The number of ether oxygens (including phenoxy) is 1. The fourth-order valence-corrected chi connectivity index (χ4v) is 5.39. The molecule has 0 saturated heterocycles. The van der Waals surface area contributed by atoms with Crippen molar-refractivity contribution in [3.05, 3.63) is 112 Å². The zero-order valence-electron chi connectivity index (χ0n) is 21.5. The second kappa shape index (κ2) is 11.5. The molecule has 5 nitrogen and oxygen atoms in total. The summed E-state index contributed by atoms with van der Waals surface area (Å²) < 4.78 is 7.31. The average molecular weight is 546 g/mol. The van der Waals surface area contributed by atoms with E-state index in [2.05, 4.69) is 42.0 Å². The Balaban J connectivity index is 1.63. The first-order chi connectivity index (χ1) is 18.4. The van der Waals surface area contributed by atoms with Gasteiger partial charge >= 0.3 is 0 Å². The second-order valence-electron chi connectivity index (χ2n) is 9.43. The molecular formula is C31H30Cl2N4O. The van der Waals surface area contributed by atoms with Crippen molar-refractivity contribution in [3.8, 4) is 11.4 Å². The molecular weight excluding hydrogens is 515 g/mol. The lowest BCUT2D eigenvalue weighted by Gasteiger charge is -2.16. The molecule has 0 spiro atoms. The molecule has 0 fully saturated rings. The molecule has 1 aliphatic rings. The van der Waals surface area contributed by atoms with E-state index in [1.54, 1.807) is 19.4 Å². The summed E-state index contributed by atoms with van der Waals surface area (Å²) in [6.07, 6.45) is 8.00. The van der Waals surface area contributed by atoms with Crippen LogP contribution in [0.2, 0.25) is 10.0 Å². The summed E-state index contributed by atoms with van der Waals surface area (Å²) in [5, 5.41) is 9.76. The van der Waals surface area contributed by atoms with Gasteiger partial charge < -0.3 is 10.1 Å². The van der Waals surface area contributed by atoms with Crippen molar-refractivity contribution in [2.75, 3.05) is 7.11 Å². The largest absolute Gasteiger partial charge is 0.497 e. The summed E-state index contributed by atoms with van der Waals surface area (Å²) in [5.74, 6) is 0.832. The van der Waals surface area contributed by atoms with E-state index in [1.807, 2.05) is 47.1 Å². The van der Waals surface area contributed by atoms with Gasteiger partial charge in [-0.05, 0) is 92.3 Å². The lowest BCUT2D eigenvalue weighted by atomic mass is 10.0. The van der Waals surface area contributed by atoms with E-state index in [1.165, 1.54) is 11.1 Å². The van der Waals surface area contributed by atoms with Gasteiger partial charge in [0.15, 0.2) is 0 Å². The van der Waals surface area contributed by atoms with E-state index in [0.717, 1.165) is 65.5 Å². The number of benzene rings is 2. The van der Waals surface area contributed by atoms with Crippen LogP contribution in [0.4, 0.5) is 0 Å². The van der Waals surface area contributed by atoms with E-state index in [-0.39, 0.29) is 6.04 Å². The molecule has 0 saturated carbocycles. The number of allylic oxidation sites excluding steroid dienone is 1. The number of halogens is 2. The Morgan fingerprint density at radius 3 is 2.58 bits per heavy atom. The summed E-state index contributed by atoms with van der Waals surface area (Å²) >= 11 is 13.0. The van der Waals surface area contributed by atoms with Crippen LogP contribution in [0.5, 0.6) is 5.75 Å². The average Bonchev–Trinajstić information content (AvgIpc) is 3.18. The molecule has 0 bridgehead atoms. The van der Waals surface area contributed by atoms with Crippen LogP contribution in [-0.2, 0) is 6.42 Å². The molecule has 0 aliphatic heterocycles. The molecule has 1 aliphatic carbocycles. The number of pyridine rings is 1. The van der Waals surface area contributed by atoms with Crippen LogP contribution < -0.4 is 10.1 Å². The smallest absolute Gasteiger partial charge is 0.118 e. The molecule has 7 heteroatoms. The highest BCUT2D eigenvalue weighted by Crippen LogP contribution is 2.38. The molecule has 0 radical (unpaired) electrons. The Labute approximate surface area is 233 Å². The molecule has 38 heavy (non-hydrogen) atoms. The van der Waals surface area contributed by atoms with Gasteiger partial charge in [-0.3, -0.25) is 4.98 Å². The Bertz CT molecular complexity index is 1480. The number of nitrogens with one attached hydrogen (secondary N) is 1. The highest BCUT2D eigenvalue weighted by atomic mass is 35.5. The molecule has 2 aromatic carbocycles. The lowest BCUT2D eigenvalue weighted by molar-refractivity contribution is 0.415. The fraction of sp³-hybridized carbons (Fsp3) is 0.226. The summed E-state index contributed by atoms with van der Waals surface area (Å²) in [6.45, 7) is 6.48. The molecule has 0 unspecified atom stereocenters. The Morgan fingerprint density at radius 2 is 1.87 bits per heavy atom. The van der Waals surface area contributed by atoms with Crippen molar-refractivity contribution < 1.29 is 4.74 Å². The van der Waals surface area contributed by atoms with Crippen LogP contribution in [0, 0.1) is 0 Å². The van der Waals surface area contributed by atoms with E-state index in [4.69, 9.17) is 33.0 Å². The van der Waals surface area contributed by atoms with Crippen LogP contribution in [-0.4, -0.2) is 21.9 Å². The second-order valence-corrected chi connectivity index (χ2v) is 10.3. The van der Waals surface area contributed by atoms with Gasteiger partial charge in [-0.25, -0.2) is 4.68 Å². The third kappa shape index (κ3) is 5.50. The van der Waals surface area contributed by atoms with E-state index < -0.39 is 0 Å². The van der Waals surface area contributed by atoms with Crippen LogP contribution in [0.15, 0.2) is 73.4 Å². The van der Waals surface area contributed by atoms with Crippen LogP contribution in [0.1, 0.15) is 60.4 Å². The van der Waals surface area contributed by atoms with Gasteiger partial charge in [-0.15, -0.1) is 0 Å². The van der Waals surface area contributed by atoms with Gasteiger partial charge in [0.05, 0.1) is 40.9 Å². The monoisotopic (exact) mass is 544 g/mol. The van der Waals surface area contributed by atoms with Crippen LogP contribution in [0.25, 0.3) is 23.0 Å². The van der Waals surface area contributed by atoms with Crippen molar-refractivity contribution in [1.82, 2.24) is 20.1 Å². The van der Waals surface area contributed by atoms with Crippen molar-refractivity contribution in [3.63, 3.8) is 0 Å². The minimum atomic E-state index is -0.0243. The zero-order chi connectivity index (χ0) is 26.6. The molecule has 4 aromatic rings. The first-order valence-electron chi connectivity index (χ1n) is 12.7.